The van der Waals surface area contributed by atoms with Crippen molar-refractivity contribution in [1.82, 2.24) is 4.90 Å². The lowest BCUT2D eigenvalue weighted by Gasteiger charge is -2.28. The second-order valence-corrected chi connectivity index (χ2v) is 16.7. The number of cyclic esters (lactones) is 2. The highest BCUT2D eigenvalue weighted by Crippen LogP contribution is 2.47. The van der Waals surface area contributed by atoms with Crippen LogP contribution in [-0.2, 0) is 4.74 Å². The fourth-order valence-corrected chi connectivity index (χ4v) is 10.5. The predicted molar refractivity (Wildman–Crippen MR) is 248 cm³/mol. The molecule has 0 unspecified atom stereocenters. The fourth-order valence-electron chi connectivity index (χ4n) is 10.5. The topological polar surface area (TPSA) is 169 Å². The molecule has 2 amide bonds. The van der Waals surface area contributed by atoms with Crippen molar-refractivity contribution in [2.45, 2.75) is 27.7 Å². The maximum Gasteiger partial charge on any atom is 0.346 e. The van der Waals surface area contributed by atoms with Gasteiger partial charge in [0, 0.05) is 54.9 Å². The van der Waals surface area contributed by atoms with Crippen LogP contribution in [-0.4, -0.2) is 70.0 Å². The molecule has 10 aromatic carbocycles. The molecular formula is C54H33NO10. The van der Waals surface area contributed by atoms with Crippen LogP contribution in [0.15, 0.2) is 97.1 Å². The Balaban J connectivity index is 0.000000145. The van der Waals surface area contributed by atoms with Crippen LogP contribution in [0.25, 0.3) is 86.2 Å². The molecule has 0 saturated heterocycles. The Hall–Kier alpha value is -8.28. The van der Waals surface area contributed by atoms with E-state index in [1.165, 1.54) is 27.7 Å². The quantitative estimate of drug-likeness (QED) is 0.0424. The third-order valence-corrected chi connectivity index (χ3v) is 13.2. The highest BCUT2D eigenvalue weighted by Gasteiger charge is 2.35. The second kappa shape index (κ2) is 13.9. The van der Waals surface area contributed by atoms with E-state index in [9.17, 15) is 43.5 Å². The van der Waals surface area contributed by atoms with Crippen molar-refractivity contribution in [3.05, 3.63) is 142 Å². The Morgan fingerprint density at radius 2 is 0.646 bits per heavy atom. The molecule has 2 aliphatic heterocycles. The van der Waals surface area contributed by atoms with Crippen molar-refractivity contribution in [2.75, 3.05) is 13.2 Å². The summed E-state index contributed by atoms with van der Waals surface area (Å²) < 4.78 is 4.89. The van der Waals surface area contributed by atoms with Crippen LogP contribution in [0, 0.1) is 0 Å². The number of nitrogens with zero attached hydrogens (tertiary/aromatic N) is 1. The molecule has 65 heavy (non-hydrogen) atoms. The zero-order valence-corrected chi connectivity index (χ0v) is 35.2. The van der Waals surface area contributed by atoms with Gasteiger partial charge in [0.05, 0.1) is 24.3 Å². The van der Waals surface area contributed by atoms with Gasteiger partial charge in [-0.2, -0.15) is 0 Å². The Morgan fingerprint density at radius 3 is 0.938 bits per heavy atom. The second-order valence-electron chi connectivity index (χ2n) is 16.7. The Kier molecular flexibility index (Phi) is 8.43. The number of benzene rings is 10. The number of carbonyl (C=O) groups is 8. The van der Waals surface area contributed by atoms with Crippen molar-refractivity contribution >= 4 is 133 Å². The number of aliphatic hydroxyl groups excluding tert-OH is 1. The van der Waals surface area contributed by atoms with E-state index in [0.717, 1.165) is 69.5 Å². The minimum Gasteiger partial charge on any atom is -0.395 e. The van der Waals surface area contributed by atoms with E-state index in [0.29, 0.717) is 66.1 Å². The Labute approximate surface area is 367 Å². The van der Waals surface area contributed by atoms with Crippen molar-refractivity contribution in [1.29, 1.82) is 0 Å². The number of β-amino-alcohol motifs (C(OH)–C–C–N with tert-alkyl or cyclic N) is 1. The van der Waals surface area contributed by atoms with Crippen molar-refractivity contribution < 1.29 is 48.2 Å². The van der Waals surface area contributed by atoms with E-state index in [4.69, 9.17) is 4.74 Å². The molecule has 12 rings (SSSR count). The molecule has 0 bridgehead atoms. The molecule has 1 N–H and O–H groups in total. The fraction of sp³-hybridized carbons (Fsp3) is 0.111. The molecule has 0 fully saturated rings. The number of fused-ring (bicyclic) bond motifs is 4. The van der Waals surface area contributed by atoms with Gasteiger partial charge in [0.25, 0.3) is 11.8 Å². The van der Waals surface area contributed by atoms with Crippen LogP contribution in [0.2, 0.25) is 0 Å². The van der Waals surface area contributed by atoms with E-state index < -0.39 is 23.8 Å². The summed E-state index contributed by atoms with van der Waals surface area (Å²) in [7, 11) is 0. The van der Waals surface area contributed by atoms with E-state index >= 15 is 0 Å². The molecule has 0 saturated carbocycles. The summed E-state index contributed by atoms with van der Waals surface area (Å²) in [6.07, 6.45) is 0. The molecule has 0 spiro atoms. The molecule has 2 aliphatic rings. The number of imide groups is 1. The molecule has 314 valence electrons. The van der Waals surface area contributed by atoms with Gasteiger partial charge in [0.1, 0.15) is 0 Å². The predicted octanol–water partition coefficient (Wildman–Crippen LogP) is 10.2. The van der Waals surface area contributed by atoms with E-state index in [1.54, 1.807) is 48.5 Å². The minimum absolute atomic E-state index is 0.0636. The lowest BCUT2D eigenvalue weighted by Crippen LogP contribution is -2.41. The maximum atomic E-state index is 13.1. The zero-order valence-electron chi connectivity index (χ0n) is 35.2. The van der Waals surface area contributed by atoms with Crippen LogP contribution in [0.1, 0.15) is 111 Å². The van der Waals surface area contributed by atoms with E-state index in [-0.39, 0.29) is 36.3 Å². The molecule has 10 aromatic rings. The SMILES string of the molecule is CC(=O)c1ccc2c3ccc4c5c(ccc(c6ccc(C(C)=O)c1c26)c53)C(=O)N(CCO)C4=O.CC(=O)c1ccc2c3ccc4c5c(ccc(c6ccc(C(C)=O)c1c26)c53)C(=O)OC4=O. The van der Waals surface area contributed by atoms with Gasteiger partial charge in [-0.15, -0.1) is 0 Å². The minimum atomic E-state index is -0.656. The lowest BCUT2D eigenvalue weighted by molar-refractivity contribution is 0.0389. The number of aliphatic hydroxyl groups is 1. The van der Waals surface area contributed by atoms with Crippen LogP contribution >= 0.6 is 0 Å². The number of ether oxygens (including phenoxy) is 1. The van der Waals surface area contributed by atoms with Gasteiger partial charge >= 0.3 is 11.9 Å². The number of Topliss-reactive ketones (excluding diaryl/α,β-unsaturated/α-hetero) is 4. The van der Waals surface area contributed by atoms with Gasteiger partial charge in [0.15, 0.2) is 23.1 Å². The number of hydrogen-bond donors (Lipinski definition) is 1. The first kappa shape index (κ1) is 39.6. The smallest absolute Gasteiger partial charge is 0.346 e. The number of rotatable bonds is 6. The lowest BCUT2D eigenvalue weighted by atomic mass is 9.82. The summed E-state index contributed by atoms with van der Waals surface area (Å²) in [5.74, 6) is -2.64. The highest BCUT2D eigenvalue weighted by atomic mass is 16.6. The van der Waals surface area contributed by atoms with Crippen LogP contribution in [0.4, 0.5) is 0 Å². The van der Waals surface area contributed by atoms with Gasteiger partial charge in [-0.25, -0.2) is 9.59 Å². The molecule has 0 aliphatic carbocycles. The third-order valence-electron chi connectivity index (χ3n) is 13.2. The molecule has 11 heteroatoms. The highest BCUT2D eigenvalue weighted by molar-refractivity contribution is 6.41. The van der Waals surface area contributed by atoms with Crippen molar-refractivity contribution in [2.24, 2.45) is 0 Å². The first-order valence-electron chi connectivity index (χ1n) is 20.9. The Morgan fingerprint density at radius 1 is 0.385 bits per heavy atom. The van der Waals surface area contributed by atoms with Gasteiger partial charge in [0.2, 0.25) is 0 Å². The average Bonchev–Trinajstić information content (AvgIpc) is 3.29. The molecule has 0 aromatic heterocycles. The van der Waals surface area contributed by atoms with Crippen LogP contribution < -0.4 is 0 Å². The molecular weight excluding hydrogens is 823 g/mol. The molecule has 0 atom stereocenters. The Bertz CT molecular complexity index is 3740. The van der Waals surface area contributed by atoms with E-state index in [2.05, 4.69) is 0 Å². The van der Waals surface area contributed by atoms with Crippen molar-refractivity contribution in [3.8, 4) is 0 Å². The summed E-state index contributed by atoms with van der Waals surface area (Å²) in [6, 6.07) is 28.7. The monoisotopic (exact) mass is 855 g/mol. The van der Waals surface area contributed by atoms with Crippen molar-refractivity contribution in [3.63, 3.8) is 0 Å². The summed E-state index contributed by atoms with van der Waals surface area (Å²) >= 11 is 0. The number of carbonyl (C=O) groups excluding carboxylic acids is 8. The number of amides is 2. The summed E-state index contributed by atoms with van der Waals surface area (Å²) in [6.45, 7) is 5.60. The standard InChI is InChI=1S/C28H19NO5.C26H14O5/c1-13(31)15-3-5-17-19-7-9-21-26-22(28(34)29(11-12-30)27(21)33)10-8-20(25(19)26)18-6-4-16(14(2)32)23(15)24(17)18;1-11(27)13-3-5-15-17-7-9-19-24-20(26(30)31-25(19)29)10-8-18(23(17)24)16-6-4-14(12(2)28)21(13)22(15)16/h3-10,30H,11-12H2,1-2H3;3-10H,1-2H3. The maximum absolute atomic E-state index is 13.1. The average molecular weight is 856 g/mol. The van der Waals surface area contributed by atoms with Gasteiger partial charge in [-0.1, -0.05) is 72.8 Å². The normalized spacial score (nSPS) is 13.6. The summed E-state index contributed by atoms with van der Waals surface area (Å²) in [5.41, 5.74) is 3.53. The first-order chi connectivity index (χ1) is 31.2. The molecule has 2 heterocycles. The molecule has 11 nitrogen and oxygen atoms in total. The van der Waals surface area contributed by atoms with Gasteiger partial charge in [-0.05, 0) is 117 Å². The molecule has 0 radical (unpaired) electrons. The third kappa shape index (κ3) is 5.27. The number of hydrogen-bond acceptors (Lipinski definition) is 10. The number of esters is 2. The summed E-state index contributed by atoms with van der Waals surface area (Å²) in [4.78, 5) is 102. The zero-order chi connectivity index (χ0) is 45.5. The number of ketones is 4. The van der Waals surface area contributed by atoms with Crippen LogP contribution in [0.5, 0.6) is 0 Å². The van der Waals surface area contributed by atoms with Gasteiger partial charge < -0.3 is 9.84 Å². The first-order valence-corrected chi connectivity index (χ1v) is 20.9. The van der Waals surface area contributed by atoms with E-state index in [1.807, 2.05) is 48.5 Å². The summed E-state index contributed by atoms with van der Waals surface area (Å²) in [5, 5.41) is 21.9. The van der Waals surface area contributed by atoms with Gasteiger partial charge in [-0.3, -0.25) is 33.7 Å². The van der Waals surface area contributed by atoms with Crippen LogP contribution in [0.3, 0.4) is 0 Å². The largest absolute Gasteiger partial charge is 0.395 e.